The summed E-state index contributed by atoms with van der Waals surface area (Å²) in [6.45, 7) is 3.41. The van der Waals surface area contributed by atoms with Crippen LogP contribution in [0.3, 0.4) is 0 Å². The fraction of sp³-hybridized carbons (Fsp3) is 0.345. The van der Waals surface area contributed by atoms with Crippen LogP contribution in [0.15, 0.2) is 77.7 Å². The number of hydrogen-bond acceptors (Lipinski definition) is 3. The molecule has 4 nitrogen and oxygen atoms in total. The Labute approximate surface area is 225 Å². The summed E-state index contributed by atoms with van der Waals surface area (Å²) in [4.78, 5) is 16.2. The van der Waals surface area contributed by atoms with Gasteiger partial charge in [-0.15, -0.1) is 0 Å². The van der Waals surface area contributed by atoms with Crippen LogP contribution in [0.4, 0.5) is 0 Å². The molecule has 188 valence electrons. The Morgan fingerprint density at radius 3 is 2.44 bits per heavy atom. The molecule has 0 bridgehead atoms. The molecule has 1 spiro atoms. The van der Waals surface area contributed by atoms with Gasteiger partial charge in [-0.3, -0.25) is 9.00 Å². The van der Waals surface area contributed by atoms with Crippen LogP contribution in [0.2, 0.25) is 10.0 Å². The van der Waals surface area contributed by atoms with E-state index in [4.69, 9.17) is 23.2 Å². The van der Waals surface area contributed by atoms with Crippen molar-refractivity contribution in [2.45, 2.75) is 35.5 Å². The number of nitrogens with one attached hydrogen (secondary N) is 1. The van der Waals surface area contributed by atoms with E-state index in [1.54, 1.807) is 0 Å². The van der Waals surface area contributed by atoms with Gasteiger partial charge < -0.3 is 10.2 Å². The normalized spacial score (nSPS) is 19.7. The molecule has 1 amide bonds. The van der Waals surface area contributed by atoms with E-state index in [0.29, 0.717) is 22.2 Å². The van der Waals surface area contributed by atoms with E-state index < -0.39 is 10.8 Å². The van der Waals surface area contributed by atoms with Gasteiger partial charge in [0.1, 0.15) is 0 Å². The summed E-state index contributed by atoms with van der Waals surface area (Å²) in [5.74, 6) is 0.786. The third-order valence-electron chi connectivity index (χ3n) is 7.68. The summed E-state index contributed by atoms with van der Waals surface area (Å²) >= 11 is 12.5. The predicted octanol–water partition coefficient (Wildman–Crippen LogP) is 6.05. The number of hydrogen-bond donors (Lipinski definition) is 1. The van der Waals surface area contributed by atoms with Gasteiger partial charge in [0.15, 0.2) is 0 Å². The molecular formula is C29H30Cl2N2O2S. The SMILES string of the molecule is O=C(NC[C@@H](CCN1CCC2(CC1)CS(=O)c1ccccc12)c1ccc(Cl)c(Cl)c1)c1ccccc1. The maximum absolute atomic E-state index is 12.7. The number of rotatable bonds is 7. The van der Waals surface area contributed by atoms with E-state index in [1.807, 2.05) is 60.7 Å². The quantitative estimate of drug-likeness (QED) is 0.396. The number of fused-ring (bicyclic) bond motifs is 2. The number of likely N-dealkylation sites (tertiary alicyclic amines) is 1. The first-order valence-corrected chi connectivity index (χ1v) is 14.5. The van der Waals surface area contributed by atoms with Gasteiger partial charge in [-0.2, -0.15) is 0 Å². The smallest absolute Gasteiger partial charge is 0.251 e. The topological polar surface area (TPSA) is 49.4 Å². The zero-order valence-electron chi connectivity index (χ0n) is 20.1. The highest BCUT2D eigenvalue weighted by Gasteiger charge is 2.44. The molecule has 3 aromatic carbocycles. The minimum Gasteiger partial charge on any atom is -0.351 e. The highest BCUT2D eigenvalue weighted by atomic mass is 35.5. The molecule has 0 radical (unpaired) electrons. The summed E-state index contributed by atoms with van der Waals surface area (Å²) in [6, 6.07) is 23.3. The van der Waals surface area contributed by atoms with E-state index >= 15 is 0 Å². The van der Waals surface area contributed by atoms with Crippen LogP contribution in [0.1, 0.15) is 46.7 Å². The molecule has 2 aliphatic rings. The molecule has 2 atom stereocenters. The fourth-order valence-electron chi connectivity index (χ4n) is 5.53. The molecule has 36 heavy (non-hydrogen) atoms. The Hall–Kier alpha value is -2.18. The zero-order chi connectivity index (χ0) is 25.1. The summed E-state index contributed by atoms with van der Waals surface area (Å²) in [7, 11) is -0.891. The van der Waals surface area contributed by atoms with Gasteiger partial charge >= 0.3 is 0 Å². The predicted molar refractivity (Wildman–Crippen MR) is 148 cm³/mol. The highest BCUT2D eigenvalue weighted by Crippen LogP contribution is 2.44. The van der Waals surface area contributed by atoms with E-state index in [1.165, 1.54) is 5.56 Å². The van der Waals surface area contributed by atoms with Gasteiger partial charge in [-0.25, -0.2) is 0 Å². The van der Waals surface area contributed by atoms with Crippen LogP contribution in [0.25, 0.3) is 0 Å². The minimum absolute atomic E-state index is 0.0463. The zero-order valence-corrected chi connectivity index (χ0v) is 22.4. The van der Waals surface area contributed by atoms with Crippen LogP contribution in [0, 0.1) is 0 Å². The van der Waals surface area contributed by atoms with Crippen LogP contribution < -0.4 is 5.32 Å². The highest BCUT2D eigenvalue weighted by molar-refractivity contribution is 7.85. The molecule has 1 N–H and O–H groups in total. The Kier molecular flexibility index (Phi) is 7.82. The first kappa shape index (κ1) is 25.5. The Morgan fingerprint density at radius 2 is 1.69 bits per heavy atom. The molecule has 0 aliphatic carbocycles. The van der Waals surface area contributed by atoms with Crippen LogP contribution >= 0.6 is 23.2 Å². The first-order valence-electron chi connectivity index (χ1n) is 12.4. The molecule has 1 fully saturated rings. The van der Waals surface area contributed by atoms with Gasteiger partial charge in [0, 0.05) is 34.1 Å². The number of piperidine rings is 1. The number of amides is 1. The molecule has 3 aromatic rings. The summed E-state index contributed by atoms with van der Waals surface area (Å²) in [5.41, 5.74) is 3.07. The van der Waals surface area contributed by atoms with Crippen LogP contribution in [0.5, 0.6) is 0 Å². The fourth-order valence-corrected chi connectivity index (χ4v) is 7.70. The molecule has 2 heterocycles. The summed E-state index contributed by atoms with van der Waals surface area (Å²) < 4.78 is 12.7. The van der Waals surface area contributed by atoms with Crippen molar-refractivity contribution in [3.05, 3.63) is 99.5 Å². The van der Waals surface area contributed by atoms with Crippen LogP contribution in [-0.2, 0) is 16.2 Å². The maximum atomic E-state index is 12.7. The molecular weight excluding hydrogens is 511 g/mol. The molecule has 1 saturated heterocycles. The second kappa shape index (κ2) is 11.1. The van der Waals surface area contributed by atoms with E-state index in [0.717, 1.165) is 55.1 Å². The average molecular weight is 542 g/mol. The third kappa shape index (κ3) is 5.40. The molecule has 7 heteroatoms. The van der Waals surface area contributed by atoms with Gasteiger partial charge in [-0.1, -0.05) is 65.7 Å². The number of benzene rings is 3. The molecule has 0 aromatic heterocycles. The lowest BCUT2D eigenvalue weighted by Gasteiger charge is -2.40. The van der Waals surface area contributed by atoms with Crippen LogP contribution in [-0.4, -0.2) is 46.9 Å². The first-order chi connectivity index (χ1) is 17.4. The van der Waals surface area contributed by atoms with Crippen molar-refractivity contribution >= 4 is 39.9 Å². The van der Waals surface area contributed by atoms with Crippen molar-refractivity contribution < 1.29 is 9.00 Å². The number of carbonyl (C=O) groups is 1. The van der Waals surface area contributed by atoms with E-state index in [-0.39, 0.29) is 17.2 Å². The number of carbonyl (C=O) groups excluding carboxylic acids is 1. The van der Waals surface area contributed by atoms with Gasteiger partial charge in [0.25, 0.3) is 5.91 Å². The average Bonchev–Trinajstić information content (AvgIpc) is 3.18. The van der Waals surface area contributed by atoms with Crippen molar-refractivity contribution in [3.63, 3.8) is 0 Å². The van der Waals surface area contributed by atoms with Crippen molar-refractivity contribution in [1.82, 2.24) is 10.2 Å². The van der Waals surface area contributed by atoms with Gasteiger partial charge in [-0.05, 0) is 80.4 Å². The Morgan fingerprint density at radius 1 is 0.972 bits per heavy atom. The standard InChI is InChI=1S/C29H30Cl2N2O2S/c30-25-11-10-22(18-26(25)31)23(19-32-28(34)21-6-2-1-3-7-21)12-15-33-16-13-29(14-17-33)20-36(35)27-9-5-4-8-24(27)29/h1-11,18,23H,12-17,19-20H2,(H,32,34)/t23-,36?/m1/s1. The van der Waals surface area contributed by atoms with E-state index in [2.05, 4.69) is 22.3 Å². The van der Waals surface area contributed by atoms with Crippen molar-refractivity contribution in [2.75, 3.05) is 31.9 Å². The van der Waals surface area contributed by atoms with Crippen molar-refractivity contribution in [1.29, 1.82) is 0 Å². The number of halogens is 2. The number of nitrogens with zero attached hydrogens (tertiary/aromatic N) is 1. The maximum Gasteiger partial charge on any atom is 0.251 e. The largest absolute Gasteiger partial charge is 0.351 e. The Bertz CT molecular complexity index is 1260. The lowest BCUT2D eigenvalue weighted by atomic mass is 9.74. The third-order valence-corrected chi connectivity index (χ3v) is 10.1. The Balaban J connectivity index is 1.23. The molecule has 2 aliphatic heterocycles. The van der Waals surface area contributed by atoms with Crippen molar-refractivity contribution in [3.8, 4) is 0 Å². The second-order valence-corrected chi connectivity index (χ2v) is 12.1. The van der Waals surface area contributed by atoms with Gasteiger partial charge in [0.05, 0.1) is 20.8 Å². The monoisotopic (exact) mass is 540 g/mol. The summed E-state index contributed by atoms with van der Waals surface area (Å²) in [5, 5.41) is 4.17. The van der Waals surface area contributed by atoms with Gasteiger partial charge in [0.2, 0.25) is 0 Å². The minimum atomic E-state index is -0.891. The lowest BCUT2D eigenvalue weighted by molar-refractivity contribution is 0.0949. The van der Waals surface area contributed by atoms with Crippen molar-refractivity contribution in [2.24, 2.45) is 0 Å². The molecule has 0 saturated carbocycles. The second-order valence-electron chi connectivity index (χ2n) is 9.84. The van der Waals surface area contributed by atoms with E-state index in [9.17, 15) is 9.00 Å². The molecule has 5 rings (SSSR count). The molecule has 1 unspecified atom stereocenters. The lowest BCUT2D eigenvalue weighted by Crippen LogP contribution is -2.44. The summed E-state index contributed by atoms with van der Waals surface area (Å²) in [6.07, 6.45) is 2.94.